The maximum absolute atomic E-state index is 11.5. The van der Waals surface area contributed by atoms with E-state index in [0.29, 0.717) is 0 Å². The van der Waals surface area contributed by atoms with Crippen LogP contribution >= 0.6 is 42.6 Å². The van der Waals surface area contributed by atoms with Crippen molar-refractivity contribution in [2.24, 2.45) is 0 Å². The first kappa shape index (κ1) is 14.5. The Kier molecular flexibility index (Phi) is 7.16. The minimum Gasteiger partial charge on any atom is -0.409 e. The number of rotatable bonds is 6. The van der Waals surface area contributed by atoms with Gasteiger partial charge in [-0.25, -0.2) is 9.09 Å². The van der Waals surface area contributed by atoms with Crippen molar-refractivity contribution in [3.63, 3.8) is 0 Å². The van der Waals surface area contributed by atoms with Crippen LogP contribution in [-0.4, -0.2) is 20.0 Å². The number of halogens is 3. The molecule has 0 radical (unpaired) electrons. The molecule has 0 aromatic rings. The van der Waals surface area contributed by atoms with E-state index in [4.69, 9.17) is 34.8 Å². The molecule has 14 heavy (non-hydrogen) atoms. The lowest BCUT2D eigenvalue weighted by atomic mass is 11.2. The zero-order valence-corrected chi connectivity index (χ0v) is 10.4. The molecule has 0 aliphatic heterocycles. The molecule has 0 saturated heterocycles. The second kappa shape index (κ2) is 6.90. The van der Waals surface area contributed by atoms with Gasteiger partial charge in [-0.05, 0) is 0 Å². The molecule has 0 rings (SSSR count). The average molecular weight is 285 g/mol. The van der Waals surface area contributed by atoms with Gasteiger partial charge in [0, 0.05) is 14.2 Å². The number of hydrogen-bond donors (Lipinski definition) is 0. The molecular formula is C5H8Cl3O5P. The van der Waals surface area contributed by atoms with E-state index in [1.165, 1.54) is 7.11 Å². The molecule has 2 atom stereocenters. The molecule has 0 N–H and O–H groups in total. The topological polar surface area (TPSA) is 54.0 Å². The van der Waals surface area contributed by atoms with Crippen LogP contribution < -0.4 is 0 Å². The minimum atomic E-state index is -3.83. The highest BCUT2D eigenvalue weighted by Crippen LogP contribution is 2.50. The fourth-order valence-electron chi connectivity index (χ4n) is 0.360. The van der Waals surface area contributed by atoms with Gasteiger partial charge in [-0.3, -0.25) is 4.52 Å². The summed E-state index contributed by atoms with van der Waals surface area (Å²) in [5.41, 5.74) is 0. The van der Waals surface area contributed by atoms with Crippen molar-refractivity contribution in [3.05, 3.63) is 10.8 Å². The van der Waals surface area contributed by atoms with E-state index in [0.717, 1.165) is 13.4 Å². The molecule has 84 valence electrons. The van der Waals surface area contributed by atoms with Crippen LogP contribution in [0.2, 0.25) is 0 Å². The van der Waals surface area contributed by atoms with Gasteiger partial charge < -0.3 is 9.26 Å². The SMILES string of the molecule is COC(Cl)OP(=O)(OC)OC=C(Cl)Cl. The summed E-state index contributed by atoms with van der Waals surface area (Å²) in [5.74, 6) is -1.26. The Morgan fingerprint density at radius 3 is 2.36 bits per heavy atom. The highest BCUT2D eigenvalue weighted by Gasteiger charge is 2.29. The smallest absolute Gasteiger partial charge is 0.409 e. The molecule has 0 fully saturated rings. The van der Waals surface area contributed by atoms with Crippen molar-refractivity contribution in [3.8, 4) is 0 Å². The Labute approximate surface area is 96.4 Å². The van der Waals surface area contributed by atoms with E-state index in [1.807, 2.05) is 0 Å². The van der Waals surface area contributed by atoms with Gasteiger partial charge in [0.05, 0.1) is 0 Å². The Morgan fingerprint density at radius 1 is 1.43 bits per heavy atom. The summed E-state index contributed by atoms with van der Waals surface area (Å²) in [4.78, 5) is 0. The standard InChI is InChI=1S/C5H8Cl3O5P/c1-10-5(8)13-14(9,11-2)12-3-4(6)7/h3,5H,1-2H3. The lowest BCUT2D eigenvalue weighted by molar-refractivity contribution is -0.0121. The summed E-state index contributed by atoms with van der Waals surface area (Å²) in [6.07, 6.45) is 0.798. The molecule has 0 amide bonds. The van der Waals surface area contributed by atoms with Crippen molar-refractivity contribution >= 4 is 42.6 Å². The summed E-state index contributed by atoms with van der Waals surface area (Å²) >= 11 is 15.8. The first-order valence-electron chi connectivity index (χ1n) is 3.14. The third kappa shape index (κ3) is 6.09. The number of ether oxygens (including phenoxy) is 1. The van der Waals surface area contributed by atoms with Crippen LogP contribution in [-0.2, 0) is 22.9 Å². The van der Waals surface area contributed by atoms with E-state index in [1.54, 1.807) is 0 Å². The van der Waals surface area contributed by atoms with Crippen LogP contribution in [0.25, 0.3) is 0 Å². The fourth-order valence-corrected chi connectivity index (χ4v) is 1.61. The molecule has 9 heteroatoms. The average Bonchev–Trinajstić information content (AvgIpc) is 2.14. The zero-order chi connectivity index (χ0) is 11.2. The van der Waals surface area contributed by atoms with E-state index in [-0.39, 0.29) is 4.49 Å². The van der Waals surface area contributed by atoms with Gasteiger partial charge in [-0.15, -0.1) is 0 Å². The van der Waals surface area contributed by atoms with Gasteiger partial charge in [0.1, 0.15) is 10.8 Å². The second-order valence-electron chi connectivity index (χ2n) is 1.76. The van der Waals surface area contributed by atoms with Crippen molar-refractivity contribution in [1.29, 1.82) is 0 Å². The highest BCUT2D eigenvalue weighted by molar-refractivity contribution is 7.48. The number of phosphoric acid groups is 1. The molecule has 5 nitrogen and oxygen atoms in total. The Bertz CT molecular complexity index is 242. The first-order valence-corrected chi connectivity index (χ1v) is 5.79. The van der Waals surface area contributed by atoms with Crippen LogP contribution in [0.15, 0.2) is 10.8 Å². The van der Waals surface area contributed by atoms with Crippen molar-refractivity contribution in [2.75, 3.05) is 14.2 Å². The summed E-state index contributed by atoms with van der Waals surface area (Å²) in [5, 5.41) is 0. The maximum atomic E-state index is 11.5. The molecule has 0 bridgehead atoms. The Hall–Kier alpha value is 0.520. The van der Waals surface area contributed by atoms with E-state index in [2.05, 4.69) is 18.3 Å². The minimum absolute atomic E-state index is 0.241. The van der Waals surface area contributed by atoms with Gasteiger partial charge in [0.25, 0.3) is 0 Å². The molecule has 0 aromatic heterocycles. The Morgan fingerprint density at radius 2 is 2.00 bits per heavy atom. The predicted octanol–water partition coefficient (Wildman–Crippen LogP) is 3.22. The van der Waals surface area contributed by atoms with Crippen molar-refractivity contribution in [2.45, 2.75) is 5.75 Å². The largest absolute Gasteiger partial charge is 0.532 e. The molecule has 0 spiro atoms. The van der Waals surface area contributed by atoms with Gasteiger partial charge >= 0.3 is 7.82 Å². The molecule has 0 aliphatic carbocycles. The first-order chi connectivity index (χ1) is 6.43. The number of alkyl halides is 1. The molecule has 0 aliphatic rings. The Balaban J connectivity index is 4.33. The van der Waals surface area contributed by atoms with Crippen molar-refractivity contribution in [1.82, 2.24) is 0 Å². The third-order valence-corrected chi connectivity index (χ3v) is 2.72. The number of methoxy groups -OCH3 is 1. The van der Waals surface area contributed by atoms with Gasteiger partial charge in [0.15, 0.2) is 0 Å². The normalized spacial score (nSPS) is 16.9. The number of hydrogen-bond acceptors (Lipinski definition) is 5. The third-order valence-electron chi connectivity index (χ3n) is 0.892. The molecule has 0 heterocycles. The number of phosphoric ester groups is 1. The predicted molar refractivity (Wildman–Crippen MR) is 53.2 cm³/mol. The monoisotopic (exact) mass is 284 g/mol. The van der Waals surface area contributed by atoms with E-state index >= 15 is 0 Å². The zero-order valence-electron chi connectivity index (χ0n) is 7.28. The van der Waals surface area contributed by atoms with E-state index < -0.39 is 13.6 Å². The molecule has 0 saturated carbocycles. The summed E-state index contributed by atoms with van der Waals surface area (Å²) in [6, 6.07) is 0. The van der Waals surface area contributed by atoms with Crippen LogP contribution in [0.4, 0.5) is 0 Å². The molecule has 2 unspecified atom stereocenters. The van der Waals surface area contributed by atoms with Crippen molar-refractivity contribution < 1.29 is 22.9 Å². The maximum Gasteiger partial charge on any atom is 0.532 e. The lowest BCUT2D eigenvalue weighted by Gasteiger charge is -2.16. The summed E-state index contributed by atoms with van der Waals surface area (Å²) in [7, 11) is -1.47. The lowest BCUT2D eigenvalue weighted by Crippen LogP contribution is -2.06. The molecule has 0 aromatic carbocycles. The van der Waals surface area contributed by atoms with Gasteiger partial charge in [-0.2, -0.15) is 0 Å². The molecular weight excluding hydrogens is 277 g/mol. The van der Waals surface area contributed by atoms with Crippen LogP contribution in [0.1, 0.15) is 0 Å². The highest BCUT2D eigenvalue weighted by atomic mass is 35.5. The van der Waals surface area contributed by atoms with Gasteiger partial charge in [-0.1, -0.05) is 34.8 Å². The second-order valence-corrected chi connectivity index (χ2v) is 4.80. The fraction of sp³-hybridized carbons (Fsp3) is 0.600. The summed E-state index contributed by atoms with van der Waals surface area (Å²) in [6.45, 7) is 0. The van der Waals surface area contributed by atoms with E-state index in [9.17, 15) is 4.57 Å². The van der Waals surface area contributed by atoms with Crippen LogP contribution in [0.3, 0.4) is 0 Å². The van der Waals surface area contributed by atoms with Gasteiger partial charge in [0.2, 0.25) is 5.75 Å². The summed E-state index contributed by atoms with van der Waals surface area (Å²) < 4.78 is 29.3. The quantitative estimate of drug-likeness (QED) is 0.324. The van der Waals surface area contributed by atoms with Crippen LogP contribution in [0, 0.1) is 0 Å². The van der Waals surface area contributed by atoms with Crippen LogP contribution in [0.5, 0.6) is 0 Å².